The molecule has 5 rings (SSSR count). The lowest BCUT2D eigenvalue weighted by Gasteiger charge is -2.26. The van der Waals surface area contributed by atoms with Crippen LogP contribution in [0.25, 0.3) is 0 Å². The number of benzene rings is 2. The number of rotatable bonds is 10. The Hall–Kier alpha value is -5.20. The molecule has 1 atom stereocenters. The van der Waals surface area contributed by atoms with Gasteiger partial charge in [-0.05, 0) is 74.1 Å². The molecule has 0 saturated heterocycles. The Morgan fingerprint density at radius 1 is 1.11 bits per heavy atom. The first-order chi connectivity index (χ1) is 21.6. The highest BCUT2D eigenvalue weighted by molar-refractivity contribution is 6.07. The number of amidine groups is 1. The van der Waals surface area contributed by atoms with E-state index in [1.165, 1.54) is 18.5 Å². The number of aliphatic imine (C=N–C) groups is 2. The number of hydrazine groups is 1. The molecule has 1 saturated carbocycles. The number of carbonyl (C=O) groups is 4. The quantitative estimate of drug-likeness (QED) is 0.268. The highest BCUT2D eigenvalue weighted by atomic mass is 16.7. The Morgan fingerprint density at radius 3 is 2.58 bits per heavy atom. The normalized spacial score (nSPS) is 17.9. The molecule has 0 aromatic heterocycles. The summed E-state index contributed by atoms with van der Waals surface area (Å²) in [5.74, 6) is -1.49. The molecule has 1 fully saturated rings. The van der Waals surface area contributed by atoms with Crippen LogP contribution in [0.15, 0.2) is 63.7 Å². The molecule has 3 N–H and O–H groups in total. The zero-order valence-corrected chi connectivity index (χ0v) is 25.4. The molecule has 2 aromatic rings. The second-order valence-electron chi connectivity index (χ2n) is 11.1. The Bertz CT molecular complexity index is 1580. The van der Waals surface area contributed by atoms with Gasteiger partial charge in [-0.1, -0.05) is 25.1 Å². The van der Waals surface area contributed by atoms with Gasteiger partial charge in [0.2, 0.25) is 12.7 Å². The number of phenols is 1. The van der Waals surface area contributed by atoms with Crippen LogP contribution < -0.4 is 10.7 Å². The van der Waals surface area contributed by atoms with Crippen molar-refractivity contribution in [3.63, 3.8) is 0 Å². The summed E-state index contributed by atoms with van der Waals surface area (Å²) in [5, 5.41) is 14.1. The van der Waals surface area contributed by atoms with E-state index in [9.17, 15) is 24.3 Å². The molecular formula is C32H36N6O7. The third kappa shape index (κ3) is 7.48. The second kappa shape index (κ2) is 13.6. The summed E-state index contributed by atoms with van der Waals surface area (Å²) in [6, 6.07) is 11.6. The molecule has 13 nitrogen and oxygen atoms in total. The fourth-order valence-corrected chi connectivity index (χ4v) is 5.01. The summed E-state index contributed by atoms with van der Waals surface area (Å²) in [6.07, 6.45) is 2.95. The lowest BCUT2D eigenvalue weighted by molar-refractivity contribution is -0.152. The molecule has 2 aliphatic heterocycles. The van der Waals surface area contributed by atoms with Gasteiger partial charge in [-0.25, -0.2) is 19.7 Å². The van der Waals surface area contributed by atoms with E-state index in [0.717, 1.165) is 23.3 Å². The van der Waals surface area contributed by atoms with Crippen LogP contribution in [0.4, 0.5) is 10.5 Å². The van der Waals surface area contributed by atoms with Gasteiger partial charge in [0.25, 0.3) is 5.91 Å². The molecular weight excluding hydrogens is 580 g/mol. The molecule has 1 aliphatic carbocycles. The Morgan fingerprint density at radius 2 is 1.87 bits per heavy atom. The number of aromatic hydroxyl groups is 1. The number of nitrogens with zero attached hydrogens (tertiary/aromatic N) is 4. The van der Waals surface area contributed by atoms with Crippen LogP contribution >= 0.6 is 0 Å². The van der Waals surface area contributed by atoms with Gasteiger partial charge in [-0.15, -0.1) is 0 Å². The van der Waals surface area contributed by atoms with E-state index in [1.54, 1.807) is 36.2 Å². The molecule has 0 radical (unpaired) electrons. The minimum atomic E-state index is -0.919. The number of aryl methyl sites for hydroxylation is 1. The number of nitrogens with one attached hydrogen (secondary N) is 2. The van der Waals surface area contributed by atoms with Gasteiger partial charge in [-0.2, -0.15) is 0 Å². The summed E-state index contributed by atoms with van der Waals surface area (Å²) in [6.45, 7) is 5.20. The maximum absolute atomic E-state index is 13.7. The number of hydrogen-bond acceptors (Lipinski definition) is 10. The number of carbonyl (C=O) groups excluding carboxylic acids is 4. The smallest absolute Gasteiger partial charge is 0.419 e. The SMILES string of the molecule is CCCN(C(=O)OCOC(=O)Cc1ccc(O)cc1)C(=O)C1CN2NC=NC(=Nc3cc(C(=O)NC4CC4)ccc3C)C2=C1C. The van der Waals surface area contributed by atoms with E-state index in [2.05, 4.69) is 15.7 Å². The Labute approximate surface area is 260 Å². The van der Waals surface area contributed by atoms with Gasteiger partial charge in [-0.3, -0.25) is 24.8 Å². The summed E-state index contributed by atoms with van der Waals surface area (Å²) in [5.41, 5.74) is 6.87. The molecule has 3 aliphatic rings. The first-order valence-corrected chi connectivity index (χ1v) is 14.8. The monoisotopic (exact) mass is 616 g/mol. The largest absolute Gasteiger partial charge is 0.508 e. The van der Waals surface area contributed by atoms with Gasteiger partial charge in [0.05, 0.1) is 24.6 Å². The van der Waals surface area contributed by atoms with E-state index in [4.69, 9.17) is 14.5 Å². The van der Waals surface area contributed by atoms with E-state index < -0.39 is 30.7 Å². The first kappa shape index (κ1) is 31.2. The lowest BCUT2D eigenvalue weighted by Crippen LogP contribution is -2.45. The zero-order chi connectivity index (χ0) is 32.1. The summed E-state index contributed by atoms with van der Waals surface area (Å²) >= 11 is 0. The van der Waals surface area contributed by atoms with Gasteiger partial charge < -0.3 is 19.9 Å². The van der Waals surface area contributed by atoms with Crippen molar-refractivity contribution in [2.24, 2.45) is 15.9 Å². The molecule has 236 valence electrons. The van der Waals surface area contributed by atoms with Gasteiger partial charge in [0, 0.05) is 18.2 Å². The topological polar surface area (TPSA) is 162 Å². The van der Waals surface area contributed by atoms with Crippen LogP contribution in [0, 0.1) is 12.8 Å². The van der Waals surface area contributed by atoms with Crippen molar-refractivity contribution < 1.29 is 33.8 Å². The van der Waals surface area contributed by atoms with E-state index >= 15 is 0 Å². The summed E-state index contributed by atoms with van der Waals surface area (Å²) in [4.78, 5) is 61.7. The first-order valence-electron chi connectivity index (χ1n) is 14.8. The van der Waals surface area contributed by atoms with Gasteiger partial charge >= 0.3 is 12.1 Å². The van der Waals surface area contributed by atoms with Gasteiger partial charge in [0.15, 0.2) is 5.84 Å². The molecule has 45 heavy (non-hydrogen) atoms. The zero-order valence-electron chi connectivity index (χ0n) is 25.4. The van der Waals surface area contributed by atoms with Crippen molar-refractivity contribution in [3.05, 3.63) is 70.4 Å². The predicted octanol–water partition coefficient (Wildman–Crippen LogP) is 3.49. The van der Waals surface area contributed by atoms with Crippen molar-refractivity contribution in [2.45, 2.75) is 52.5 Å². The molecule has 0 spiro atoms. The Balaban J connectivity index is 1.27. The number of phenolic OH excluding ortho intramolecular Hbond substituents is 1. The molecule has 0 bridgehead atoms. The van der Waals surface area contributed by atoms with Crippen molar-refractivity contribution in [1.82, 2.24) is 20.7 Å². The number of ether oxygens (including phenoxy) is 2. The number of hydrogen-bond donors (Lipinski definition) is 3. The highest BCUT2D eigenvalue weighted by Gasteiger charge is 2.41. The minimum absolute atomic E-state index is 0.0729. The van der Waals surface area contributed by atoms with Crippen molar-refractivity contribution in [2.75, 3.05) is 19.9 Å². The average molecular weight is 617 g/mol. The molecule has 2 aromatic carbocycles. The van der Waals surface area contributed by atoms with Crippen molar-refractivity contribution >= 4 is 41.7 Å². The van der Waals surface area contributed by atoms with Crippen LogP contribution in [0.3, 0.4) is 0 Å². The maximum Gasteiger partial charge on any atom is 0.419 e. The number of esters is 1. The van der Waals surface area contributed by atoms with E-state index in [1.807, 2.05) is 19.9 Å². The molecule has 13 heteroatoms. The highest BCUT2D eigenvalue weighted by Crippen LogP contribution is 2.33. The minimum Gasteiger partial charge on any atom is -0.508 e. The number of imide groups is 1. The van der Waals surface area contributed by atoms with Crippen molar-refractivity contribution in [1.29, 1.82) is 0 Å². The second-order valence-corrected chi connectivity index (χ2v) is 11.1. The fourth-order valence-electron chi connectivity index (χ4n) is 5.01. The van der Waals surface area contributed by atoms with Crippen LogP contribution in [0.1, 0.15) is 54.6 Å². The third-order valence-electron chi connectivity index (χ3n) is 7.67. The standard InChI is InChI=1S/C32H36N6O7/c1-4-13-37(32(43)45-18-44-27(40)14-21-6-11-24(39)12-7-21)31(42)25-16-38-28(20(25)3)29(33-17-34-38)36-26-15-22(8-5-19(26)2)30(41)35-23-9-10-23/h5-8,11-12,15,17,23,25,39H,4,9-10,13-14,16,18H2,1-3H3,(H,35,41)(H,33,34,36). The lowest BCUT2D eigenvalue weighted by atomic mass is 10.0. The maximum atomic E-state index is 13.7. The summed E-state index contributed by atoms with van der Waals surface area (Å²) in [7, 11) is 0. The Kier molecular flexibility index (Phi) is 9.45. The number of fused-ring (bicyclic) bond motifs is 1. The third-order valence-corrected chi connectivity index (χ3v) is 7.67. The van der Waals surface area contributed by atoms with Crippen LogP contribution in [0.5, 0.6) is 5.75 Å². The van der Waals surface area contributed by atoms with Crippen LogP contribution in [-0.4, -0.2) is 77.0 Å². The van der Waals surface area contributed by atoms with E-state index in [0.29, 0.717) is 40.3 Å². The average Bonchev–Trinajstić information content (AvgIpc) is 3.77. The predicted molar refractivity (Wildman–Crippen MR) is 165 cm³/mol. The van der Waals surface area contributed by atoms with E-state index in [-0.39, 0.29) is 37.2 Å². The van der Waals surface area contributed by atoms with Gasteiger partial charge in [0.1, 0.15) is 17.8 Å². The fraction of sp³-hybridized carbons (Fsp3) is 0.375. The van der Waals surface area contributed by atoms with Crippen LogP contribution in [-0.2, 0) is 25.5 Å². The number of amides is 3. The van der Waals surface area contributed by atoms with Crippen molar-refractivity contribution in [3.8, 4) is 5.75 Å². The molecule has 1 unspecified atom stereocenters. The van der Waals surface area contributed by atoms with Crippen LogP contribution in [0.2, 0.25) is 0 Å². The molecule has 2 heterocycles. The summed E-state index contributed by atoms with van der Waals surface area (Å²) < 4.78 is 10.2. The molecule has 3 amide bonds.